The lowest BCUT2D eigenvalue weighted by atomic mass is 10.2. The average molecular weight is 307 g/mol. The van der Waals surface area contributed by atoms with E-state index in [9.17, 15) is 9.59 Å². The minimum atomic E-state index is -0.921. The highest BCUT2D eigenvalue weighted by molar-refractivity contribution is 5.75. The molecule has 6 nitrogen and oxygen atoms in total. The zero-order valence-electron chi connectivity index (χ0n) is 13.5. The van der Waals surface area contributed by atoms with E-state index < -0.39 is 12.0 Å². The predicted molar refractivity (Wildman–Crippen MR) is 85.7 cm³/mol. The van der Waals surface area contributed by atoms with E-state index in [1.807, 2.05) is 49.3 Å². The fourth-order valence-corrected chi connectivity index (χ4v) is 1.99. The third kappa shape index (κ3) is 7.08. The van der Waals surface area contributed by atoms with E-state index in [0.717, 1.165) is 12.1 Å². The molecular weight excluding hydrogens is 282 g/mol. The van der Waals surface area contributed by atoms with Crippen molar-refractivity contribution in [1.29, 1.82) is 0 Å². The van der Waals surface area contributed by atoms with Gasteiger partial charge in [-0.1, -0.05) is 30.3 Å². The topological polar surface area (TPSA) is 72.9 Å². The molecule has 0 saturated carbocycles. The summed E-state index contributed by atoms with van der Waals surface area (Å²) in [5.74, 6) is -0.921. The molecule has 2 amide bonds. The largest absolute Gasteiger partial charge is 0.481 e. The van der Waals surface area contributed by atoms with Gasteiger partial charge in [-0.3, -0.25) is 4.79 Å². The summed E-state index contributed by atoms with van der Waals surface area (Å²) >= 11 is 0. The van der Waals surface area contributed by atoms with Gasteiger partial charge in [0.1, 0.15) is 0 Å². The highest BCUT2D eigenvalue weighted by atomic mass is 16.4. The maximum atomic E-state index is 12.4. The average Bonchev–Trinajstić information content (AvgIpc) is 2.43. The van der Waals surface area contributed by atoms with Crippen LogP contribution < -0.4 is 5.32 Å². The number of nitrogens with zero attached hydrogens (tertiary/aromatic N) is 2. The molecule has 0 aliphatic heterocycles. The van der Waals surface area contributed by atoms with Gasteiger partial charge in [0.25, 0.3) is 0 Å². The molecule has 0 radical (unpaired) electrons. The fraction of sp³-hybridized carbons (Fsp3) is 0.500. The SMILES string of the molecule is CC(CC(=O)O)NC(=O)N(CCN(C)C)Cc1ccccc1. The van der Waals surface area contributed by atoms with Gasteiger partial charge >= 0.3 is 12.0 Å². The van der Waals surface area contributed by atoms with E-state index in [1.165, 1.54) is 0 Å². The van der Waals surface area contributed by atoms with Crippen molar-refractivity contribution in [1.82, 2.24) is 15.1 Å². The second-order valence-corrected chi connectivity index (χ2v) is 5.66. The molecule has 0 aliphatic carbocycles. The molecule has 1 rings (SSSR count). The molecule has 1 aromatic rings. The van der Waals surface area contributed by atoms with Crippen molar-refractivity contribution in [2.75, 3.05) is 27.2 Å². The van der Waals surface area contributed by atoms with E-state index in [4.69, 9.17) is 5.11 Å². The summed E-state index contributed by atoms with van der Waals surface area (Å²) in [5, 5.41) is 11.5. The van der Waals surface area contributed by atoms with Crippen molar-refractivity contribution < 1.29 is 14.7 Å². The van der Waals surface area contributed by atoms with Gasteiger partial charge in [-0.15, -0.1) is 0 Å². The molecule has 0 heterocycles. The number of amides is 2. The number of aliphatic carboxylic acids is 1. The van der Waals surface area contributed by atoms with Gasteiger partial charge in [-0.25, -0.2) is 4.79 Å². The molecule has 0 bridgehead atoms. The molecule has 0 saturated heterocycles. The Balaban J connectivity index is 2.67. The Morgan fingerprint density at radius 3 is 2.36 bits per heavy atom. The van der Waals surface area contributed by atoms with Gasteiger partial charge in [0, 0.05) is 25.7 Å². The number of urea groups is 1. The maximum absolute atomic E-state index is 12.4. The zero-order valence-corrected chi connectivity index (χ0v) is 13.5. The molecule has 0 aliphatic rings. The normalized spacial score (nSPS) is 12.0. The van der Waals surface area contributed by atoms with E-state index in [2.05, 4.69) is 5.32 Å². The van der Waals surface area contributed by atoms with Crippen LogP contribution in [0.5, 0.6) is 0 Å². The van der Waals surface area contributed by atoms with Crippen molar-refractivity contribution in [3.05, 3.63) is 35.9 Å². The van der Waals surface area contributed by atoms with Crippen molar-refractivity contribution in [3.63, 3.8) is 0 Å². The molecule has 0 aromatic heterocycles. The third-order valence-electron chi connectivity index (χ3n) is 3.17. The van der Waals surface area contributed by atoms with Gasteiger partial charge in [0.15, 0.2) is 0 Å². The number of rotatable bonds is 8. The number of hydrogen-bond acceptors (Lipinski definition) is 3. The molecule has 22 heavy (non-hydrogen) atoms. The number of carbonyl (C=O) groups is 2. The summed E-state index contributed by atoms with van der Waals surface area (Å²) in [4.78, 5) is 26.8. The van der Waals surface area contributed by atoms with Gasteiger partial charge < -0.3 is 20.2 Å². The van der Waals surface area contributed by atoms with Crippen LogP contribution in [0.4, 0.5) is 4.79 Å². The van der Waals surface area contributed by atoms with Crippen LogP contribution in [-0.2, 0) is 11.3 Å². The Hall–Kier alpha value is -2.08. The summed E-state index contributed by atoms with van der Waals surface area (Å²) in [6.07, 6.45) is -0.0847. The number of nitrogens with one attached hydrogen (secondary N) is 1. The van der Waals surface area contributed by atoms with Crippen LogP contribution in [0.15, 0.2) is 30.3 Å². The van der Waals surface area contributed by atoms with Crippen molar-refractivity contribution in [2.24, 2.45) is 0 Å². The van der Waals surface area contributed by atoms with Gasteiger partial charge in [-0.2, -0.15) is 0 Å². The molecule has 0 fully saturated rings. The van der Waals surface area contributed by atoms with Gasteiger partial charge in [0.05, 0.1) is 6.42 Å². The van der Waals surface area contributed by atoms with E-state index in [1.54, 1.807) is 11.8 Å². The minimum absolute atomic E-state index is 0.0847. The quantitative estimate of drug-likeness (QED) is 0.765. The Labute approximate surface area is 131 Å². The highest BCUT2D eigenvalue weighted by Crippen LogP contribution is 2.05. The number of carboxylic acid groups (broad SMARTS) is 1. The van der Waals surface area contributed by atoms with Crippen LogP contribution in [0.3, 0.4) is 0 Å². The summed E-state index contributed by atoms with van der Waals surface area (Å²) in [5.41, 5.74) is 1.04. The Kier molecular flexibility index (Phi) is 7.39. The molecule has 6 heteroatoms. The Morgan fingerprint density at radius 1 is 1.18 bits per heavy atom. The lowest BCUT2D eigenvalue weighted by Gasteiger charge is -2.26. The fourth-order valence-electron chi connectivity index (χ4n) is 1.99. The second-order valence-electron chi connectivity index (χ2n) is 5.66. The smallest absolute Gasteiger partial charge is 0.317 e. The van der Waals surface area contributed by atoms with Crippen LogP contribution in [0, 0.1) is 0 Å². The maximum Gasteiger partial charge on any atom is 0.317 e. The zero-order chi connectivity index (χ0) is 16.5. The number of carbonyl (C=O) groups excluding carboxylic acids is 1. The van der Waals surface area contributed by atoms with Crippen LogP contribution >= 0.6 is 0 Å². The first-order chi connectivity index (χ1) is 10.4. The number of carboxylic acids is 1. The lowest BCUT2D eigenvalue weighted by Crippen LogP contribution is -2.46. The van der Waals surface area contributed by atoms with Gasteiger partial charge in [0.2, 0.25) is 0 Å². The molecule has 122 valence electrons. The number of benzene rings is 1. The number of hydrogen-bond donors (Lipinski definition) is 2. The summed E-state index contributed by atoms with van der Waals surface area (Å²) < 4.78 is 0. The molecule has 0 spiro atoms. The van der Waals surface area contributed by atoms with E-state index in [0.29, 0.717) is 13.1 Å². The Morgan fingerprint density at radius 2 is 1.82 bits per heavy atom. The first-order valence-electron chi connectivity index (χ1n) is 7.34. The molecule has 1 atom stereocenters. The van der Waals surface area contributed by atoms with Crippen molar-refractivity contribution >= 4 is 12.0 Å². The Bertz CT molecular complexity index is 477. The monoisotopic (exact) mass is 307 g/mol. The standard InChI is InChI=1S/C16H25N3O3/c1-13(11-15(20)21)17-16(22)19(10-9-18(2)3)12-14-7-5-4-6-8-14/h4-8,13H,9-12H2,1-3H3,(H,17,22)(H,20,21). The first-order valence-corrected chi connectivity index (χ1v) is 7.34. The molecular formula is C16H25N3O3. The van der Waals surface area contributed by atoms with Crippen molar-refractivity contribution in [2.45, 2.75) is 25.9 Å². The lowest BCUT2D eigenvalue weighted by molar-refractivity contribution is -0.137. The van der Waals surface area contributed by atoms with Crippen molar-refractivity contribution in [3.8, 4) is 0 Å². The molecule has 1 unspecified atom stereocenters. The first kappa shape index (κ1) is 18.0. The second kappa shape index (κ2) is 9.04. The van der Waals surface area contributed by atoms with Crippen LogP contribution in [-0.4, -0.2) is 60.1 Å². The highest BCUT2D eigenvalue weighted by Gasteiger charge is 2.17. The van der Waals surface area contributed by atoms with Crippen LogP contribution in [0.25, 0.3) is 0 Å². The van der Waals surface area contributed by atoms with E-state index in [-0.39, 0.29) is 12.5 Å². The molecule has 2 N–H and O–H groups in total. The summed E-state index contributed by atoms with van der Waals surface area (Å²) in [6.45, 7) is 3.51. The van der Waals surface area contributed by atoms with E-state index >= 15 is 0 Å². The number of likely N-dealkylation sites (N-methyl/N-ethyl adjacent to an activating group) is 1. The predicted octanol–water partition coefficient (Wildman–Crippen LogP) is 1.62. The minimum Gasteiger partial charge on any atom is -0.481 e. The summed E-state index contributed by atoms with van der Waals surface area (Å²) in [6, 6.07) is 9.10. The van der Waals surface area contributed by atoms with Gasteiger partial charge in [-0.05, 0) is 26.6 Å². The summed E-state index contributed by atoms with van der Waals surface area (Å²) in [7, 11) is 3.90. The third-order valence-corrected chi connectivity index (χ3v) is 3.17. The van der Waals surface area contributed by atoms with Crippen LogP contribution in [0.1, 0.15) is 18.9 Å². The molecule has 1 aromatic carbocycles. The van der Waals surface area contributed by atoms with Crippen LogP contribution in [0.2, 0.25) is 0 Å².